The predicted molar refractivity (Wildman–Crippen MR) is 77.6 cm³/mol. The quantitative estimate of drug-likeness (QED) is 0.921. The number of rotatable bonds is 4. The second kappa shape index (κ2) is 5.46. The summed E-state index contributed by atoms with van der Waals surface area (Å²) < 4.78 is 26.7. The molecule has 6 heteroatoms. The summed E-state index contributed by atoms with van der Waals surface area (Å²) in [6.45, 7) is 7.97. The third kappa shape index (κ3) is 3.25. The Balaban J connectivity index is 3.25. The SMILES string of the molecule is CNc1ncccc1S(=O)(=O)N(C)C(C)C(C)(C)C. The zero-order valence-corrected chi connectivity index (χ0v) is 13.2. The Morgan fingerprint density at radius 2 is 1.95 bits per heavy atom. The fraction of sp³-hybridized carbons (Fsp3) is 0.615. The van der Waals surface area contributed by atoms with Crippen molar-refractivity contribution in [1.82, 2.24) is 9.29 Å². The lowest BCUT2D eigenvalue weighted by Crippen LogP contribution is -2.43. The Morgan fingerprint density at radius 3 is 2.42 bits per heavy atom. The molecule has 5 nitrogen and oxygen atoms in total. The molecule has 0 aliphatic carbocycles. The van der Waals surface area contributed by atoms with Crippen LogP contribution in [0.5, 0.6) is 0 Å². The summed E-state index contributed by atoms with van der Waals surface area (Å²) in [6, 6.07) is 3.08. The molecule has 1 aromatic rings. The Morgan fingerprint density at radius 1 is 1.37 bits per heavy atom. The van der Waals surface area contributed by atoms with Crippen molar-refractivity contribution in [3.63, 3.8) is 0 Å². The van der Waals surface area contributed by atoms with Gasteiger partial charge in [-0.3, -0.25) is 0 Å². The molecular weight excluding hydrogens is 262 g/mol. The molecule has 19 heavy (non-hydrogen) atoms. The lowest BCUT2D eigenvalue weighted by atomic mass is 9.88. The Bertz CT molecular complexity index is 535. The molecule has 108 valence electrons. The number of anilines is 1. The largest absolute Gasteiger partial charge is 0.372 e. The average molecular weight is 285 g/mol. The highest BCUT2D eigenvalue weighted by atomic mass is 32.2. The van der Waals surface area contributed by atoms with Crippen LogP contribution in [-0.4, -0.2) is 37.8 Å². The van der Waals surface area contributed by atoms with E-state index in [1.54, 1.807) is 32.4 Å². The first kappa shape index (κ1) is 15.9. The van der Waals surface area contributed by atoms with Crippen LogP contribution >= 0.6 is 0 Å². The number of nitrogens with one attached hydrogen (secondary N) is 1. The van der Waals surface area contributed by atoms with Crippen molar-refractivity contribution in [2.24, 2.45) is 5.41 Å². The summed E-state index contributed by atoms with van der Waals surface area (Å²) >= 11 is 0. The van der Waals surface area contributed by atoms with Crippen LogP contribution in [0.1, 0.15) is 27.7 Å². The summed E-state index contributed by atoms with van der Waals surface area (Å²) in [6.07, 6.45) is 1.57. The summed E-state index contributed by atoms with van der Waals surface area (Å²) in [5.41, 5.74) is -0.135. The van der Waals surface area contributed by atoms with Gasteiger partial charge in [-0.15, -0.1) is 0 Å². The van der Waals surface area contributed by atoms with Crippen molar-refractivity contribution in [3.05, 3.63) is 18.3 Å². The molecule has 0 saturated carbocycles. The van der Waals surface area contributed by atoms with Gasteiger partial charge in [0.1, 0.15) is 10.7 Å². The number of hydrogen-bond acceptors (Lipinski definition) is 4. The molecule has 1 unspecified atom stereocenters. The number of aromatic nitrogens is 1. The summed E-state index contributed by atoms with van der Waals surface area (Å²) in [5.74, 6) is 0.371. The van der Waals surface area contributed by atoms with Gasteiger partial charge >= 0.3 is 0 Å². The third-order valence-corrected chi connectivity index (χ3v) is 5.42. The van der Waals surface area contributed by atoms with Crippen molar-refractivity contribution in [2.75, 3.05) is 19.4 Å². The predicted octanol–water partition coefficient (Wildman–Crippen LogP) is 2.18. The van der Waals surface area contributed by atoms with E-state index in [2.05, 4.69) is 10.3 Å². The minimum atomic E-state index is -3.56. The molecule has 0 fully saturated rings. The minimum absolute atomic E-state index is 0.123. The smallest absolute Gasteiger partial charge is 0.246 e. The van der Waals surface area contributed by atoms with Gasteiger partial charge < -0.3 is 5.32 Å². The lowest BCUT2D eigenvalue weighted by molar-refractivity contribution is 0.216. The molecule has 0 aliphatic heterocycles. The zero-order chi connectivity index (χ0) is 14.8. The lowest BCUT2D eigenvalue weighted by Gasteiger charge is -2.34. The molecule has 1 heterocycles. The van der Waals surface area contributed by atoms with E-state index in [9.17, 15) is 8.42 Å². The molecule has 0 spiro atoms. The second-order valence-corrected chi connectivity index (χ2v) is 7.63. The van der Waals surface area contributed by atoms with E-state index >= 15 is 0 Å². The van der Waals surface area contributed by atoms with Crippen LogP contribution in [0.4, 0.5) is 5.82 Å². The molecule has 0 radical (unpaired) electrons. The van der Waals surface area contributed by atoms with Crippen LogP contribution in [0, 0.1) is 5.41 Å². The number of pyridine rings is 1. The molecule has 0 aliphatic rings. The summed E-state index contributed by atoms with van der Waals surface area (Å²) in [4.78, 5) is 4.26. The maximum absolute atomic E-state index is 12.6. The van der Waals surface area contributed by atoms with Gasteiger partial charge in [-0.1, -0.05) is 20.8 Å². The van der Waals surface area contributed by atoms with E-state index in [1.807, 2.05) is 27.7 Å². The van der Waals surface area contributed by atoms with Crippen molar-refractivity contribution in [1.29, 1.82) is 0 Å². The molecule has 0 amide bonds. The fourth-order valence-electron chi connectivity index (χ4n) is 1.70. The van der Waals surface area contributed by atoms with Crippen molar-refractivity contribution in [3.8, 4) is 0 Å². The van der Waals surface area contributed by atoms with Crippen LogP contribution in [0.3, 0.4) is 0 Å². The number of nitrogens with zero attached hydrogens (tertiary/aromatic N) is 2. The van der Waals surface area contributed by atoms with Crippen LogP contribution in [-0.2, 0) is 10.0 Å². The van der Waals surface area contributed by atoms with Gasteiger partial charge in [0.15, 0.2) is 0 Å². The van der Waals surface area contributed by atoms with E-state index in [4.69, 9.17) is 0 Å². The van der Waals surface area contributed by atoms with Crippen LogP contribution in [0.2, 0.25) is 0 Å². The van der Waals surface area contributed by atoms with Gasteiger partial charge in [-0.05, 0) is 24.5 Å². The van der Waals surface area contributed by atoms with Gasteiger partial charge in [0.2, 0.25) is 10.0 Å². The highest BCUT2D eigenvalue weighted by Gasteiger charge is 2.33. The van der Waals surface area contributed by atoms with Crippen LogP contribution < -0.4 is 5.32 Å². The van der Waals surface area contributed by atoms with Gasteiger partial charge in [-0.25, -0.2) is 13.4 Å². The Kier molecular flexibility index (Phi) is 4.58. The van der Waals surface area contributed by atoms with E-state index in [0.717, 1.165) is 0 Å². The molecule has 0 aromatic carbocycles. The second-order valence-electron chi connectivity index (χ2n) is 5.66. The monoisotopic (exact) mass is 285 g/mol. The Labute approximate surface area is 116 Å². The average Bonchev–Trinajstić information content (AvgIpc) is 2.35. The molecule has 1 aromatic heterocycles. The minimum Gasteiger partial charge on any atom is -0.372 e. The van der Waals surface area contributed by atoms with E-state index in [-0.39, 0.29) is 16.4 Å². The molecule has 0 bridgehead atoms. The summed E-state index contributed by atoms with van der Waals surface area (Å²) in [5, 5.41) is 2.82. The molecule has 1 atom stereocenters. The molecule has 1 rings (SSSR count). The van der Waals surface area contributed by atoms with Gasteiger partial charge in [0.25, 0.3) is 0 Å². The molecule has 1 N–H and O–H groups in total. The highest BCUT2D eigenvalue weighted by Crippen LogP contribution is 2.29. The normalized spacial score (nSPS) is 14.5. The van der Waals surface area contributed by atoms with E-state index in [1.165, 1.54) is 4.31 Å². The van der Waals surface area contributed by atoms with Crippen molar-refractivity contribution in [2.45, 2.75) is 38.6 Å². The highest BCUT2D eigenvalue weighted by molar-refractivity contribution is 7.89. The standard InChI is InChI=1S/C13H23N3O2S/c1-10(13(2,3)4)16(6)19(17,18)11-8-7-9-15-12(11)14-5/h7-10H,1-6H3,(H,14,15). The maximum Gasteiger partial charge on any atom is 0.246 e. The molecule has 0 saturated heterocycles. The first-order valence-electron chi connectivity index (χ1n) is 6.23. The zero-order valence-electron chi connectivity index (χ0n) is 12.4. The fourth-order valence-corrected chi connectivity index (χ4v) is 3.39. The van der Waals surface area contributed by atoms with E-state index in [0.29, 0.717) is 5.82 Å². The van der Waals surface area contributed by atoms with Crippen molar-refractivity contribution < 1.29 is 8.42 Å². The van der Waals surface area contributed by atoms with Gasteiger partial charge in [0, 0.05) is 26.3 Å². The number of sulfonamides is 1. The summed E-state index contributed by atoms with van der Waals surface area (Å²) in [7, 11) is -0.286. The number of hydrogen-bond donors (Lipinski definition) is 1. The maximum atomic E-state index is 12.6. The van der Waals surface area contributed by atoms with Crippen LogP contribution in [0.15, 0.2) is 23.2 Å². The first-order valence-corrected chi connectivity index (χ1v) is 7.67. The van der Waals surface area contributed by atoms with Crippen molar-refractivity contribution >= 4 is 15.8 Å². The van der Waals surface area contributed by atoms with Crippen LogP contribution in [0.25, 0.3) is 0 Å². The van der Waals surface area contributed by atoms with Gasteiger partial charge in [-0.2, -0.15) is 4.31 Å². The first-order chi connectivity index (χ1) is 8.62. The topological polar surface area (TPSA) is 62.3 Å². The third-order valence-electron chi connectivity index (χ3n) is 3.46. The Hall–Kier alpha value is -1.14. The molecular formula is C13H23N3O2S. The van der Waals surface area contributed by atoms with Gasteiger partial charge in [0.05, 0.1) is 0 Å². The van der Waals surface area contributed by atoms with E-state index < -0.39 is 10.0 Å².